The number of hydrogen-bond donors (Lipinski definition) is 0. The first-order valence-electron chi connectivity index (χ1n) is 5.67. The highest BCUT2D eigenvalue weighted by atomic mass is 79.9. The van der Waals surface area contributed by atoms with Crippen molar-refractivity contribution in [1.82, 2.24) is 4.90 Å². The summed E-state index contributed by atoms with van der Waals surface area (Å²) in [4.78, 5) is 2.55. The summed E-state index contributed by atoms with van der Waals surface area (Å²) in [5.41, 5.74) is 0. The zero-order valence-electron chi connectivity index (χ0n) is 9.34. The molecular formula is C11H22BrNO. The fourth-order valence-corrected chi connectivity index (χ4v) is 3.09. The summed E-state index contributed by atoms with van der Waals surface area (Å²) in [6, 6.07) is 0.722. The largest absolute Gasteiger partial charge is 0.380 e. The fourth-order valence-electron chi connectivity index (χ4n) is 2.04. The summed E-state index contributed by atoms with van der Waals surface area (Å²) in [6.07, 6.45) is 2.46. The van der Waals surface area contributed by atoms with Gasteiger partial charge in [0.1, 0.15) is 0 Å². The minimum atomic E-state index is 0.722. The summed E-state index contributed by atoms with van der Waals surface area (Å²) in [7, 11) is 0. The zero-order chi connectivity index (χ0) is 10.4. The van der Waals surface area contributed by atoms with Gasteiger partial charge in [0, 0.05) is 24.5 Å². The van der Waals surface area contributed by atoms with E-state index in [9.17, 15) is 0 Å². The van der Waals surface area contributed by atoms with Gasteiger partial charge in [-0.15, -0.1) is 0 Å². The molecule has 0 aromatic carbocycles. The Balaban J connectivity index is 2.17. The van der Waals surface area contributed by atoms with Crippen LogP contribution in [0.3, 0.4) is 0 Å². The van der Waals surface area contributed by atoms with Gasteiger partial charge in [-0.25, -0.2) is 0 Å². The lowest BCUT2D eigenvalue weighted by Crippen LogP contribution is -2.36. The maximum Gasteiger partial charge on any atom is 0.0593 e. The first-order valence-corrected chi connectivity index (χ1v) is 6.79. The highest BCUT2D eigenvalue weighted by Crippen LogP contribution is 2.24. The number of nitrogens with zero attached hydrogens (tertiary/aromatic N) is 1. The molecule has 0 bridgehead atoms. The third-order valence-electron chi connectivity index (χ3n) is 3.03. The van der Waals surface area contributed by atoms with Crippen LogP contribution in [0.2, 0.25) is 0 Å². The van der Waals surface area contributed by atoms with Gasteiger partial charge in [0.05, 0.1) is 6.61 Å². The minimum absolute atomic E-state index is 0.722. The van der Waals surface area contributed by atoms with E-state index in [-0.39, 0.29) is 0 Å². The minimum Gasteiger partial charge on any atom is -0.380 e. The quantitative estimate of drug-likeness (QED) is 0.540. The van der Waals surface area contributed by atoms with E-state index in [1.807, 2.05) is 0 Å². The van der Waals surface area contributed by atoms with E-state index >= 15 is 0 Å². The summed E-state index contributed by atoms with van der Waals surface area (Å²) in [5, 5.41) is 1.10. The van der Waals surface area contributed by atoms with Crippen molar-refractivity contribution >= 4 is 15.9 Å². The third kappa shape index (κ3) is 3.52. The van der Waals surface area contributed by atoms with E-state index in [0.29, 0.717) is 0 Å². The number of alkyl halides is 1. The van der Waals surface area contributed by atoms with Crippen LogP contribution in [0.1, 0.15) is 26.7 Å². The Morgan fingerprint density at radius 1 is 1.43 bits per heavy atom. The number of hydrogen-bond acceptors (Lipinski definition) is 2. The lowest BCUT2D eigenvalue weighted by atomic mass is 10.1. The summed E-state index contributed by atoms with van der Waals surface area (Å²) >= 11 is 3.60. The van der Waals surface area contributed by atoms with Crippen LogP contribution >= 0.6 is 15.9 Å². The maximum absolute atomic E-state index is 5.52. The molecule has 2 nitrogen and oxygen atoms in total. The summed E-state index contributed by atoms with van der Waals surface area (Å²) < 4.78 is 5.52. The van der Waals surface area contributed by atoms with Crippen LogP contribution in [-0.2, 0) is 4.74 Å². The molecule has 0 spiro atoms. The molecule has 0 radical (unpaired) electrons. The molecule has 2 unspecified atom stereocenters. The topological polar surface area (TPSA) is 12.5 Å². The van der Waals surface area contributed by atoms with E-state index in [2.05, 4.69) is 34.7 Å². The Labute approximate surface area is 96.1 Å². The van der Waals surface area contributed by atoms with Gasteiger partial charge < -0.3 is 4.74 Å². The second-order valence-electron chi connectivity index (χ2n) is 4.14. The van der Waals surface area contributed by atoms with Gasteiger partial charge in [-0.3, -0.25) is 4.90 Å². The molecule has 1 heterocycles. The van der Waals surface area contributed by atoms with Gasteiger partial charge in [0.25, 0.3) is 0 Å². The van der Waals surface area contributed by atoms with Crippen molar-refractivity contribution in [3.8, 4) is 0 Å². The molecule has 0 aromatic heterocycles. The monoisotopic (exact) mass is 263 g/mol. The van der Waals surface area contributed by atoms with E-state index in [0.717, 1.165) is 43.5 Å². The van der Waals surface area contributed by atoms with Gasteiger partial charge >= 0.3 is 0 Å². The van der Waals surface area contributed by atoms with Crippen molar-refractivity contribution in [2.75, 3.05) is 31.6 Å². The first kappa shape index (κ1) is 12.5. The SMILES string of the molecule is CCCOCCN1CCC(C)C1CBr. The predicted octanol–water partition coefficient (Wildman–Crippen LogP) is 2.52. The van der Waals surface area contributed by atoms with E-state index in [1.54, 1.807) is 0 Å². The predicted molar refractivity (Wildman–Crippen MR) is 64.0 cm³/mol. The number of ether oxygens (including phenoxy) is 1. The molecule has 0 aromatic rings. The van der Waals surface area contributed by atoms with Crippen molar-refractivity contribution < 1.29 is 4.74 Å². The molecule has 3 heteroatoms. The molecule has 0 amide bonds. The lowest BCUT2D eigenvalue weighted by Gasteiger charge is -2.24. The van der Waals surface area contributed by atoms with Gasteiger partial charge in [0.15, 0.2) is 0 Å². The molecule has 0 saturated carbocycles. The molecule has 2 atom stereocenters. The lowest BCUT2D eigenvalue weighted by molar-refractivity contribution is 0.100. The van der Waals surface area contributed by atoms with Crippen molar-refractivity contribution in [3.63, 3.8) is 0 Å². The Hall–Kier alpha value is 0.400. The van der Waals surface area contributed by atoms with Crippen molar-refractivity contribution in [3.05, 3.63) is 0 Å². The molecule has 14 heavy (non-hydrogen) atoms. The average molecular weight is 264 g/mol. The molecule has 1 saturated heterocycles. The Morgan fingerprint density at radius 2 is 2.21 bits per heavy atom. The van der Waals surface area contributed by atoms with Crippen LogP contribution in [0, 0.1) is 5.92 Å². The number of halogens is 1. The van der Waals surface area contributed by atoms with Crippen LogP contribution in [0.25, 0.3) is 0 Å². The van der Waals surface area contributed by atoms with E-state index < -0.39 is 0 Å². The Kier molecular flexibility index (Phi) is 6.06. The van der Waals surface area contributed by atoms with Gasteiger partial charge in [-0.1, -0.05) is 29.8 Å². The maximum atomic E-state index is 5.52. The second kappa shape index (κ2) is 6.81. The molecule has 1 rings (SSSR count). The van der Waals surface area contributed by atoms with Gasteiger partial charge in [0.2, 0.25) is 0 Å². The molecular weight excluding hydrogens is 242 g/mol. The van der Waals surface area contributed by atoms with Crippen LogP contribution < -0.4 is 0 Å². The van der Waals surface area contributed by atoms with Crippen molar-refractivity contribution in [2.24, 2.45) is 5.92 Å². The molecule has 1 aliphatic rings. The van der Waals surface area contributed by atoms with Crippen LogP contribution in [0.4, 0.5) is 0 Å². The standard InChI is InChI=1S/C11H22BrNO/c1-3-7-14-8-6-13-5-4-10(2)11(13)9-12/h10-11H,3-9H2,1-2H3. The second-order valence-corrected chi connectivity index (χ2v) is 4.78. The number of likely N-dealkylation sites (tertiary alicyclic amines) is 1. The first-order chi connectivity index (χ1) is 6.79. The Bertz CT molecular complexity index is 154. The van der Waals surface area contributed by atoms with Crippen LogP contribution in [0.5, 0.6) is 0 Å². The normalized spacial score (nSPS) is 28.5. The number of rotatable bonds is 6. The van der Waals surface area contributed by atoms with Crippen molar-refractivity contribution in [2.45, 2.75) is 32.7 Å². The summed E-state index contributed by atoms with van der Waals surface area (Å²) in [6.45, 7) is 8.64. The molecule has 0 aliphatic carbocycles. The molecule has 84 valence electrons. The zero-order valence-corrected chi connectivity index (χ0v) is 10.9. The van der Waals surface area contributed by atoms with Crippen LogP contribution in [-0.4, -0.2) is 42.6 Å². The average Bonchev–Trinajstić information content (AvgIpc) is 2.54. The smallest absolute Gasteiger partial charge is 0.0593 e. The van der Waals surface area contributed by atoms with Crippen molar-refractivity contribution in [1.29, 1.82) is 0 Å². The Morgan fingerprint density at radius 3 is 2.86 bits per heavy atom. The van der Waals surface area contributed by atoms with Gasteiger partial charge in [-0.2, -0.15) is 0 Å². The van der Waals surface area contributed by atoms with Gasteiger partial charge in [-0.05, 0) is 25.3 Å². The highest BCUT2D eigenvalue weighted by molar-refractivity contribution is 9.09. The molecule has 1 aliphatic heterocycles. The van der Waals surface area contributed by atoms with Crippen LogP contribution in [0.15, 0.2) is 0 Å². The molecule has 1 fully saturated rings. The summed E-state index contributed by atoms with van der Waals surface area (Å²) in [5.74, 6) is 0.834. The van der Waals surface area contributed by atoms with E-state index in [1.165, 1.54) is 13.0 Å². The van der Waals surface area contributed by atoms with E-state index in [4.69, 9.17) is 4.74 Å². The molecule has 0 N–H and O–H groups in total. The fraction of sp³-hybridized carbons (Fsp3) is 1.00. The highest BCUT2D eigenvalue weighted by Gasteiger charge is 2.29. The third-order valence-corrected chi connectivity index (χ3v) is 3.69.